The molecule has 2 aromatic rings. The fourth-order valence-electron chi connectivity index (χ4n) is 1.51. The van der Waals surface area contributed by atoms with E-state index in [0.29, 0.717) is 12.2 Å². The normalized spacial score (nSPS) is 10.7. The van der Waals surface area contributed by atoms with Crippen LogP contribution in [-0.2, 0) is 13.1 Å². The van der Waals surface area contributed by atoms with Gasteiger partial charge in [-0.05, 0) is 6.92 Å². The summed E-state index contributed by atoms with van der Waals surface area (Å²) < 4.78 is 1.13. The first-order valence-corrected chi connectivity index (χ1v) is 6.83. The molecule has 102 valence electrons. The highest BCUT2D eigenvalue weighted by atomic mass is 35.5. The number of hydrogen-bond donors (Lipinski definition) is 2. The highest BCUT2D eigenvalue weighted by Crippen LogP contribution is 2.18. The first-order chi connectivity index (χ1) is 9.11. The molecule has 0 saturated carbocycles. The van der Waals surface area contributed by atoms with Gasteiger partial charge in [0.1, 0.15) is 5.02 Å². The third-order valence-corrected chi connectivity index (χ3v) is 3.70. The maximum absolute atomic E-state index is 11.8. The van der Waals surface area contributed by atoms with Crippen molar-refractivity contribution in [3.63, 3.8) is 0 Å². The van der Waals surface area contributed by atoms with E-state index in [9.17, 15) is 4.79 Å². The molecule has 0 aliphatic rings. The summed E-state index contributed by atoms with van der Waals surface area (Å²) in [5.74, 6) is 0. The maximum Gasteiger partial charge on any atom is 0.287 e. The summed E-state index contributed by atoms with van der Waals surface area (Å²) in [6, 6.07) is 0. The number of aliphatic hydroxyl groups is 1. The molecule has 2 N–H and O–H groups in total. The Morgan fingerprint density at radius 2 is 2.32 bits per heavy atom. The summed E-state index contributed by atoms with van der Waals surface area (Å²) in [6.45, 7) is 2.44. The fraction of sp³-hybridized carbons (Fsp3) is 0.364. The van der Waals surface area contributed by atoms with Crippen LogP contribution < -0.4 is 10.9 Å². The van der Waals surface area contributed by atoms with Gasteiger partial charge in [-0.2, -0.15) is 5.10 Å². The van der Waals surface area contributed by atoms with Gasteiger partial charge in [0.05, 0.1) is 36.6 Å². The molecule has 8 heteroatoms. The number of anilines is 1. The van der Waals surface area contributed by atoms with Crippen molar-refractivity contribution in [1.29, 1.82) is 0 Å². The van der Waals surface area contributed by atoms with Crippen molar-refractivity contribution in [3.05, 3.63) is 37.7 Å². The summed E-state index contributed by atoms with van der Waals surface area (Å²) in [6.07, 6.45) is 3.26. The van der Waals surface area contributed by atoms with E-state index in [4.69, 9.17) is 16.7 Å². The lowest BCUT2D eigenvalue weighted by Crippen LogP contribution is -2.25. The van der Waals surface area contributed by atoms with Crippen molar-refractivity contribution in [2.75, 3.05) is 11.9 Å². The summed E-state index contributed by atoms with van der Waals surface area (Å²) in [5, 5.41) is 16.8. The molecule has 0 radical (unpaired) electrons. The van der Waals surface area contributed by atoms with E-state index in [2.05, 4.69) is 15.4 Å². The molecule has 0 spiro atoms. The Morgan fingerprint density at radius 3 is 2.95 bits per heavy atom. The minimum Gasteiger partial charge on any atom is -0.394 e. The Hall–Kier alpha value is -1.44. The van der Waals surface area contributed by atoms with Gasteiger partial charge in [-0.3, -0.25) is 4.79 Å². The Kier molecular flexibility index (Phi) is 4.52. The van der Waals surface area contributed by atoms with Gasteiger partial charge < -0.3 is 10.4 Å². The lowest BCUT2D eigenvalue weighted by Gasteiger charge is -2.08. The lowest BCUT2D eigenvalue weighted by molar-refractivity contribution is 0.266. The van der Waals surface area contributed by atoms with Crippen LogP contribution in [0.2, 0.25) is 5.02 Å². The van der Waals surface area contributed by atoms with Crippen LogP contribution in [0.4, 0.5) is 5.69 Å². The lowest BCUT2D eigenvalue weighted by atomic mass is 10.4. The van der Waals surface area contributed by atoms with E-state index in [1.54, 1.807) is 17.5 Å². The minimum absolute atomic E-state index is 0.0738. The zero-order chi connectivity index (χ0) is 13.8. The average molecular weight is 301 g/mol. The fourth-order valence-corrected chi connectivity index (χ4v) is 2.46. The van der Waals surface area contributed by atoms with Gasteiger partial charge in [0.25, 0.3) is 5.56 Å². The van der Waals surface area contributed by atoms with E-state index >= 15 is 0 Å². The van der Waals surface area contributed by atoms with E-state index in [1.807, 2.05) is 6.92 Å². The van der Waals surface area contributed by atoms with Gasteiger partial charge in [0.15, 0.2) is 0 Å². The quantitative estimate of drug-likeness (QED) is 0.869. The number of nitrogens with zero attached hydrogens (tertiary/aromatic N) is 3. The second-order valence-electron chi connectivity index (χ2n) is 3.82. The minimum atomic E-state index is -0.416. The number of aromatic nitrogens is 3. The summed E-state index contributed by atoms with van der Waals surface area (Å²) in [7, 11) is 0. The third-order valence-electron chi connectivity index (χ3n) is 2.42. The van der Waals surface area contributed by atoms with Crippen LogP contribution in [0.5, 0.6) is 0 Å². The topological polar surface area (TPSA) is 80.0 Å². The Balaban J connectivity index is 2.13. The van der Waals surface area contributed by atoms with E-state index < -0.39 is 5.56 Å². The first-order valence-electron chi connectivity index (χ1n) is 5.63. The van der Waals surface area contributed by atoms with Crippen LogP contribution in [0.25, 0.3) is 0 Å². The molecular formula is C11H13ClN4O2S. The van der Waals surface area contributed by atoms with E-state index in [0.717, 1.165) is 14.6 Å². The molecule has 2 rings (SSSR count). The maximum atomic E-state index is 11.8. The van der Waals surface area contributed by atoms with E-state index in [1.165, 1.54) is 6.20 Å². The number of aliphatic hydroxyl groups excluding tert-OH is 1. The standard InChI is InChI=1S/C11H13ClN4O2S/c1-7-13-4-8(19-7)5-14-9-6-15-16(2-3-17)11(18)10(9)12/h4,6,14,17H,2-3,5H2,1H3. The molecule has 0 aliphatic carbocycles. The molecule has 19 heavy (non-hydrogen) atoms. The Labute approximate surface area is 118 Å². The van der Waals surface area contributed by atoms with Crippen molar-refractivity contribution in [1.82, 2.24) is 14.8 Å². The van der Waals surface area contributed by atoms with Crippen LogP contribution in [0.1, 0.15) is 9.88 Å². The number of aryl methyl sites for hydroxylation is 1. The van der Waals surface area contributed by atoms with Gasteiger partial charge in [0.2, 0.25) is 0 Å². The second kappa shape index (κ2) is 6.14. The van der Waals surface area contributed by atoms with Gasteiger partial charge in [-0.25, -0.2) is 9.67 Å². The summed E-state index contributed by atoms with van der Waals surface area (Å²) in [4.78, 5) is 17.0. The second-order valence-corrected chi connectivity index (χ2v) is 5.52. The predicted molar refractivity (Wildman–Crippen MR) is 74.8 cm³/mol. The van der Waals surface area contributed by atoms with Crippen LogP contribution in [0.3, 0.4) is 0 Å². The molecule has 0 unspecified atom stereocenters. The van der Waals surface area contributed by atoms with Crippen molar-refractivity contribution >= 4 is 28.6 Å². The highest BCUT2D eigenvalue weighted by molar-refractivity contribution is 7.11. The van der Waals surface area contributed by atoms with Crippen molar-refractivity contribution < 1.29 is 5.11 Å². The molecule has 0 saturated heterocycles. The molecule has 0 fully saturated rings. The summed E-state index contributed by atoms with van der Waals surface area (Å²) >= 11 is 7.55. The molecule has 0 amide bonds. The molecule has 0 bridgehead atoms. The SMILES string of the molecule is Cc1ncc(CNc2cnn(CCO)c(=O)c2Cl)s1. The molecule has 0 aromatic carbocycles. The van der Waals surface area contributed by atoms with Crippen molar-refractivity contribution in [3.8, 4) is 0 Å². The monoisotopic (exact) mass is 300 g/mol. The van der Waals surface area contributed by atoms with Gasteiger partial charge in [-0.1, -0.05) is 11.6 Å². The third kappa shape index (κ3) is 3.31. The van der Waals surface area contributed by atoms with Crippen molar-refractivity contribution in [2.24, 2.45) is 0 Å². The molecule has 2 heterocycles. The number of thiazole rings is 1. The zero-order valence-electron chi connectivity index (χ0n) is 10.3. The molecule has 6 nitrogen and oxygen atoms in total. The van der Waals surface area contributed by atoms with Gasteiger partial charge in [-0.15, -0.1) is 11.3 Å². The van der Waals surface area contributed by atoms with Crippen LogP contribution in [0.15, 0.2) is 17.2 Å². The molecule has 0 aliphatic heterocycles. The van der Waals surface area contributed by atoms with E-state index in [-0.39, 0.29) is 18.2 Å². The highest BCUT2D eigenvalue weighted by Gasteiger charge is 2.09. The average Bonchev–Trinajstić information content (AvgIpc) is 2.80. The predicted octanol–water partition coefficient (Wildman–Crippen LogP) is 1.27. The summed E-state index contributed by atoms with van der Waals surface area (Å²) in [5.41, 5.74) is 0.0631. The zero-order valence-corrected chi connectivity index (χ0v) is 11.8. The van der Waals surface area contributed by atoms with Crippen LogP contribution >= 0.6 is 22.9 Å². The Bertz CT molecular complexity index is 625. The number of hydrogen-bond acceptors (Lipinski definition) is 6. The van der Waals surface area contributed by atoms with Crippen molar-refractivity contribution in [2.45, 2.75) is 20.0 Å². The largest absolute Gasteiger partial charge is 0.394 e. The Morgan fingerprint density at radius 1 is 1.53 bits per heavy atom. The number of nitrogens with one attached hydrogen (secondary N) is 1. The van der Waals surface area contributed by atoms with Gasteiger partial charge >= 0.3 is 0 Å². The molecule has 2 aromatic heterocycles. The van der Waals surface area contributed by atoms with Crippen LogP contribution in [-0.4, -0.2) is 26.5 Å². The van der Waals surface area contributed by atoms with Crippen LogP contribution in [0, 0.1) is 6.92 Å². The number of rotatable bonds is 5. The van der Waals surface area contributed by atoms with Gasteiger partial charge in [0, 0.05) is 11.1 Å². The molecular weight excluding hydrogens is 288 g/mol. The first kappa shape index (κ1) is 14.0. The number of halogens is 1. The molecule has 0 atom stereocenters. The smallest absolute Gasteiger partial charge is 0.287 e.